The van der Waals surface area contributed by atoms with Gasteiger partial charge in [-0.3, -0.25) is 14.9 Å². The Balaban J connectivity index is 2.00. The predicted molar refractivity (Wildman–Crippen MR) is 90.1 cm³/mol. The molecular weight excluding hydrogens is 370 g/mol. The SMILES string of the molecule is CSc1ccc(C(=O)OCC(=O)Nc2ccc(F)cc2F)cc1[N+](=O)[O-]. The number of hydrogen-bond donors (Lipinski definition) is 1. The van der Waals surface area contributed by atoms with Gasteiger partial charge in [0.15, 0.2) is 6.61 Å². The normalized spacial score (nSPS) is 10.3. The zero-order chi connectivity index (χ0) is 19.3. The molecule has 0 saturated carbocycles. The van der Waals surface area contributed by atoms with E-state index in [2.05, 4.69) is 5.32 Å². The lowest BCUT2D eigenvalue weighted by atomic mass is 10.2. The standard InChI is InChI=1S/C16H12F2N2O5S/c1-26-14-5-2-9(6-13(14)20(23)24)16(22)25-8-15(21)19-12-4-3-10(17)7-11(12)18/h2-7H,8H2,1H3,(H,19,21). The van der Waals surface area contributed by atoms with Crippen molar-refractivity contribution in [2.45, 2.75) is 4.90 Å². The Morgan fingerprint density at radius 2 is 1.96 bits per heavy atom. The van der Waals surface area contributed by atoms with Crippen molar-refractivity contribution in [1.29, 1.82) is 0 Å². The number of nitro groups is 1. The van der Waals surface area contributed by atoms with Crippen molar-refractivity contribution in [3.63, 3.8) is 0 Å². The molecule has 1 amide bonds. The van der Waals surface area contributed by atoms with Crippen molar-refractivity contribution in [2.24, 2.45) is 0 Å². The molecule has 0 unspecified atom stereocenters. The quantitative estimate of drug-likeness (QED) is 0.356. The molecule has 0 aliphatic carbocycles. The summed E-state index contributed by atoms with van der Waals surface area (Å²) in [7, 11) is 0. The molecule has 0 spiro atoms. The molecule has 2 aromatic carbocycles. The highest BCUT2D eigenvalue weighted by Crippen LogP contribution is 2.28. The molecule has 0 aliphatic heterocycles. The van der Waals surface area contributed by atoms with Crippen LogP contribution in [0.4, 0.5) is 20.2 Å². The van der Waals surface area contributed by atoms with Crippen LogP contribution in [-0.4, -0.2) is 29.7 Å². The summed E-state index contributed by atoms with van der Waals surface area (Å²) >= 11 is 1.15. The lowest BCUT2D eigenvalue weighted by molar-refractivity contribution is -0.387. The highest BCUT2D eigenvalue weighted by molar-refractivity contribution is 7.98. The third kappa shape index (κ3) is 4.76. The van der Waals surface area contributed by atoms with Gasteiger partial charge in [0, 0.05) is 12.1 Å². The maximum Gasteiger partial charge on any atom is 0.338 e. The van der Waals surface area contributed by atoms with Gasteiger partial charge in [-0.15, -0.1) is 11.8 Å². The average molecular weight is 382 g/mol. The second-order valence-electron chi connectivity index (χ2n) is 4.89. The minimum atomic E-state index is -0.979. The first-order valence-corrected chi connectivity index (χ1v) is 8.28. The number of nitrogens with zero attached hydrogens (tertiary/aromatic N) is 1. The average Bonchev–Trinajstić information content (AvgIpc) is 2.61. The highest BCUT2D eigenvalue weighted by atomic mass is 32.2. The van der Waals surface area contributed by atoms with Gasteiger partial charge in [-0.25, -0.2) is 13.6 Å². The van der Waals surface area contributed by atoms with Crippen LogP contribution >= 0.6 is 11.8 Å². The molecule has 1 N–H and O–H groups in total. The topological polar surface area (TPSA) is 98.5 Å². The van der Waals surface area contributed by atoms with Gasteiger partial charge in [-0.2, -0.15) is 0 Å². The smallest absolute Gasteiger partial charge is 0.338 e. The fourth-order valence-electron chi connectivity index (χ4n) is 1.95. The summed E-state index contributed by atoms with van der Waals surface area (Å²) < 4.78 is 31.0. The van der Waals surface area contributed by atoms with Crippen molar-refractivity contribution >= 4 is 35.0 Å². The fraction of sp³-hybridized carbons (Fsp3) is 0.125. The number of ether oxygens (including phenoxy) is 1. The number of nitrogens with one attached hydrogen (secondary N) is 1. The van der Waals surface area contributed by atoms with Gasteiger partial charge in [0.05, 0.1) is 21.1 Å². The lowest BCUT2D eigenvalue weighted by Crippen LogP contribution is -2.21. The van der Waals surface area contributed by atoms with E-state index < -0.39 is 35.0 Å². The summed E-state index contributed by atoms with van der Waals surface area (Å²) in [6.45, 7) is -0.742. The molecule has 26 heavy (non-hydrogen) atoms. The molecule has 2 aromatic rings. The van der Waals surface area contributed by atoms with Crippen molar-refractivity contribution < 1.29 is 28.0 Å². The molecule has 0 atom stereocenters. The van der Waals surface area contributed by atoms with Gasteiger partial charge in [0.25, 0.3) is 11.6 Å². The summed E-state index contributed by atoms with van der Waals surface area (Å²) in [6.07, 6.45) is 1.65. The Morgan fingerprint density at radius 1 is 1.23 bits per heavy atom. The monoisotopic (exact) mass is 382 g/mol. The van der Waals surface area contributed by atoms with E-state index in [9.17, 15) is 28.5 Å². The Morgan fingerprint density at radius 3 is 2.58 bits per heavy atom. The van der Waals surface area contributed by atoms with Crippen LogP contribution in [0.1, 0.15) is 10.4 Å². The Labute approximate surface area is 150 Å². The van der Waals surface area contributed by atoms with E-state index in [-0.39, 0.29) is 16.9 Å². The first-order chi connectivity index (χ1) is 12.3. The molecule has 0 fully saturated rings. The molecule has 0 aromatic heterocycles. The highest BCUT2D eigenvalue weighted by Gasteiger charge is 2.19. The maximum atomic E-state index is 13.4. The number of thioether (sulfide) groups is 1. The van der Waals surface area contributed by atoms with Crippen molar-refractivity contribution in [1.82, 2.24) is 0 Å². The first-order valence-electron chi connectivity index (χ1n) is 7.06. The third-order valence-corrected chi connectivity index (χ3v) is 3.94. The number of hydrogen-bond acceptors (Lipinski definition) is 6. The lowest BCUT2D eigenvalue weighted by Gasteiger charge is -2.08. The number of amides is 1. The van der Waals surface area contributed by atoms with E-state index in [1.807, 2.05) is 0 Å². The molecule has 0 heterocycles. The number of carbonyl (C=O) groups is 2. The minimum Gasteiger partial charge on any atom is -0.452 e. The zero-order valence-electron chi connectivity index (χ0n) is 13.3. The largest absolute Gasteiger partial charge is 0.452 e. The summed E-state index contributed by atoms with van der Waals surface area (Å²) in [5, 5.41) is 13.1. The molecule has 2 rings (SSSR count). The molecule has 0 saturated heterocycles. The van der Waals surface area contributed by atoms with Crippen LogP contribution in [-0.2, 0) is 9.53 Å². The summed E-state index contributed by atoms with van der Waals surface area (Å²) in [6, 6.07) is 6.35. The predicted octanol–water partition coefficient (Wildman–Crippen LogP) is 3.39. The third-order valence-electron chi connectivity index (χ3n) is 3.15. The van der Waals surface area contributed by atoms with Crippen LogP contribution in [0.5, 0.6) is 0 Å². The van der Waals surface area contributed by atoms with Gasteiger partial charge < -0.3 is 10.1 Å². The van der Waals surface area contributed by atoms with Gasteiger partial charge >= 0.3 is 5.97 Å². The Hall–Kier alpha value is -3.01. The van der Waals surface area contributed by atoms with Crippen molar-refractivity contribution in [3.05, 3.63) is 63.7 Å². The van der Waals surface area contributed by atoms with Crippen molar-refractivity contribution in [2.75, 3.05) is 18.2 Å². The molecule has 0 aliphatic rings. The number of carbonyl (C=O) groups excluding carboxylic acids is 2. The van der Waals surface area contributed by atoms with Gasteiger partial charge in [-0.1, -0.05) is 0 Å². The zero-order valence-corrected chi connectivity index (χ0v) is 14.1. The Bertz CT molecular complexity index is 876. The number of nitro benzene ring substituents is 1. The van der Waals surface area contributed by atoms with Crippen LogP contribution in [0.25, 0.3) is 0 Å². The molecule has 0 bridgehead atoms. The molecule has 136 valence electrons. The van der Waals surface area contributed by atoms with Crippen molar-refractivity contribution in [3.8, 4) is 0 Å². The summed E-state index contributed by atoms with van der Waals surface area (Å²) in [5.74, 6) is -3.58. The molecule has 0 radical (unpaired) electrons. The fourth-order valence-corrected chi connectivity index (χ4v) is 2.50. The number of esters is 1. The van der Waals surface area contributed by atoms with E-state index in [0.29, 0.717) is 11.0 Å². The minimum absolute atomic E-state index is 0.102. The van der Waals surface area contributed by atoms with E-state index in [4.69, 9.17) is 4.74 Å². The van der Waals surface area contributed by atoms with E-state index >= 15 is 0 Å². The number of rotatable bonds is 6. The molecule has 10 heteroatoms. The van der Waals surface area contributed by atoms with E-state index in [1.165, 1.54) is 12.1 Å². The second-order valence-corrected chi connectivity index (χ2v) is 5.74. The molecular formula is C16H12F2N2O5S. The van der Waals surface area contributed by atoms with Crippen LogP contribution in [0.3, 0.4) is 0 Å². The number of benzene rings is 2. The maximum absolute atomic E-state index is 13.4. The van der Waals surface area contributed by atoms with E-state index in [0.717, 1.165) is 30.0 Å². The first kappa shape index (κ1) is 19.3. The van der Waals surface area contributed by atoms with Gasteiger partial charge in [-0.05, 0) is 30.5 Å². The van der Waals surface area contributed by atoms with Crippen LogP contribution in [0.2, 0.25) is 0 Å². The Kier molecular flexibility index (Phi) is 6.23. The van der Waals surface area contributed by atoms with Gasteiger partial charge in [0.2, 0.25) is 0 Å². The number of anilines is 1. The number of halogens is 2. The summed E-state index contributed by atoms with van der Waals surface area (Å²) in [5.41, 5.74) is -0.632. The van der Waals surface area contributed by atoms with E-state index in [1.54, 1.807) is 6.26 Å². The van der Waals surface area contributed by atoms with Gasteiger partial charge in [0.1, 0.15) is 11.6 Å². The van der Waals surface area contributed by atoms with Crippen LogP contribution in [0.15, 0.2) is 41.3 Å². The summed E-state index contributed by atoms with van der Waals surface area (Å²) in [4.78, 5) is 34.4. The second kappa shape index (κ2) is 8.39. The van der Waals surface area contributed by atoms with Crippen LogP contribution < -0.4 is 5.32 Å². The van der Waals surface area contributed by atoms with Crippen LogP contribution in [0, 0.1) is 21.7 Å². The molecule has 7 nitrogen and oxygen atoms in total.